The summed E-state index contributed by atoms with van der Waals surface area (Å²) in [6.45, 7) is 6.92. The lowest BCUT2D eigenvalue weighted by Crippen LogP contribution is -2.06. The van der Waals surface area contributed by atoms with Crippen molar-refractivity contribution in [2.75, 3.05) is 7.05 Å². The average Bonchev–Trinajstić information content (AvgIpc) is 2.09. The monoisotopic (exact) mass is 166 g/mol. The fraction of sp³-hybridized carbons (Fsp3) is 0.500. The summed E-state index contributed by atoms with van der Waals surface area (Å²) in [5.41, 5.74) is 2.36. The molecule has 0 unspecified atom stereocenters. The van der Waals surface area contributed by atoms with Crippen LogP contribution in [0.25, 0.3) is 0 Å². The smallest absolute Gasteiger partial charge is 0.0544 e. The lowest BCUT2D eigenvalue weighted by atomic mass is 10.2. The second-order valence-corrected chi connectivity index (χ2v) is 2.35. The number of aryl methyl sites for hydroxylation is 1. The third kappa shape index (κ3) is 4.09. The molecule has 2 heteroatoms. The molecule has 1 heterocycles. The molecule has 2 nitrogen and oxygen atoms in total. The van der Waals surface area contributed by atoms with Crippen LogP contribution in [0.15, 0.2) is 18.3 Å². The Morgan fingerprint density at radius 3 is 2.58 bits per heavy atom. The highest BCUT2D eigenvalue weighted by atomic mass is 14.8. The van der Waals surface area contributed by atoms with Gasteiger partial charge >= 0.3 is 0 Å². The Bertz CT molecular complexity index is 209. The second-order valence-electron chi connectivity index (χ2n) is 2.35. The summed E-state index contributed by atoms with van der Waals surface area (Å²) in [4.78, 5) is 4.17. The minimum Gasteiger partial charge on any atom is -0.314 e. The Morgan fingerprint density at radius 2 is 2.08 bits per heavy atom. The molecule has 68 valence electrons. The summed E-state index contributed by atoms with van der Waals surface area (Å²) in [7, 11) is 1.92. The number of pyridine rings is 1. The van der Waals surface area contributed by atoms with E-state index in [-0.39, 0.29) is 0 Å². The number of nitrogens with zero attached hydrogens (tertiary/aromatic N) is 1. The van der Waals surface area contributed by atoms with Gasteiger partial charge in [-0.1, -0.05) is 13.8 Å². The van der Waals surface area contributed by atoms with E-state index in [0.717, 1.165) is 12.2 Å². The Hall–Kier alpha value is -0.890. The van der Waals surface area contributed by atoms with Crippen molar-refractivity contribution in [3.63, 3.8) is 0 Å². The minimum atomic E-state index is 0.849. The zero-order valence-corrected chi connectivity index (χ0v) is 8.39. The molecule has 0 bridgehead atoms. The van der Waals surface area contributed by atoms with Crippen LogP contribution in [-0.2, 0) is 6.54 Å². The molecular weight excluding hydrogens is 148 g/mol. The van der Waals surface area contributed by atoms with Crippen LogP contribution in [0, 0.1) is 6.92 Å². The van der Waals surface area contributed by atoms with Crippen LogP contribution in [0.3, 0.4) is 0 Å². The standard InChI is InChI=1S/C8H12N2.C2H6/c1-7-3-4-10-8(5-7)6-9-2;1-2/h3-5,9H,6H2,1-2H3;1-2H3. The van der Waals surface area contributed by atoms with Crippen molar-refractivity contribution in [2.24, 2.45) is 0 Å². The van der Waals surface area contributed by atoms with E-state index in [1.807, 2.05) is 33.2 Å². The average molecular weight is 166 g/mol. The van der Waals surface area contributed by atoms with Gasteiger partial charge in [0.25, 0.3) is 0 Å². The predicted octanol–water partition coefficient (Wildman–Crippen LogP) is 2.14. The first-order valence-electron chi connectivity index (χ1n) is 4.39. The molecule has 1 aromatic heterocycles. The van der Waals surface area contributed by atoms with E-state index in [2.05, 4.69) is 23.3 Å². The van der Waals surface area contributed by atoms with Crippen LogP contribution in [0.5, 0.6) is 0 Å². The van der Waals surface area contributed by atoms with Crippen molar-refractivity contribution in [3.8, 4) is 0 Å². The largest absolute Gasteiger partial charge is 0.314 e. The highest BCUT2D eigenvalue weighted by molar-refractivity contribution is 5.13. The molecule has 0 fully saturated rings. The van der Waals surface area contributed by atoms with Gasteiger partial charge in [-0.25, -0.2) is 0 Å². The van der Waals surface area contributed by atoms with Crippen LogP contribution in [0.4, 0.5) is 0 Å². The van der Waals surface area contributed by atoms with Crippen molar-refractivity contribution in [3.05, 3.63) is 29.6 Å². The molecule has 12 heavy (non-hydrogen) atoms. The minimum absolute atomic E-state index is 0.849. The summed E-state index contributed by atoms with van der Waals surface area (Å²) in [5.74, 6) is 0. The third-order valence-corrected chi connectivity index (χ3v) is 1.33. The molecule has 0 spiro atoms. The molecule has 1 aromatic rings. The highest BCUT2D eigenvalue weighted by Crippen LogP contribution is 1.98. The zero-order valence-electron chi connectivity index (χ0n) is 8.39. The number of hydrogen-bond acceptors (Lipinski definition) is 2. The molecule has 0 aliphatic rings. The molecule has 1 N–H and O–H groups in total. The third-order valence-electron chi connectivity index (χ3n) is 1.33. The fourth-order valence-corrected chi connectivity index (χ4v) is 0.877. The predicted molar refractivity (Wildman–Crippen MR) is 53.1 cm³/mol. The maximum absolute atomic E-state index is 4.17. The van der Waals surface area contributed by atoms with Crippen molar-refractivity contribution >= 4 is 0 Å². The van der Waals surface area contributed by atoms with E-state index in [1.54, 1.807) is 0 Å². The summed E-state index contributed by atoms with van der Waals surface area (Å²) >= 11 is 0. The van der Waals surface area contributed by atoms with Crippen LogP contribution in [-0.4, -0.2) is 12.0 Å². The van der Waals surface area contributed by atoms with Crippen LogP contribution in [0.2, 0.25) is 0 Å². The van der Waals surface area contributed by atoms with Crippen molar-refractivity contribution in [1.82, 2.24) is 10.3 Å². The molecule has 0 aliphatic carbocycles. The van der Waals surface area contributed by atoms with Gasteiger partial charge in [-0.2, -0.15) is 0 Å². The molecule has 0 atom stereocenters. The Labute approximate surface area is 75.0 Å². The Balaban J connectivity index is 0.000000561. The number of rotatable bonds is 2. The van der Waals surface area contributed by atoms with E-state index in [0.29, 0.717) is 0 Å². The van der Waals surface area contributed by atoms with E-state index >= 15 is 0 Å². The van der Waals surface area contributed by atoms with Gasteiger partial charge in [-0.3, -0.25) is 4.98 Å². The van der Waals surface area contributed by atoms with E-state index in [4.69, 9.17) is 0 Å². The van der Waals surface area contributed by atoms with Crippen molar-refractivity contribution < 1.29 is 0 Å². The number of hydrogen-bond donors (Lipinski definition) is 1. The SMILES string of the molecule is CC.CNCc1cc(C)ccn1. The van der Waals surface area contributed by atoms with Crippen LogP contribution < -0.4 is 5.32 Å². The second kappa shape index (κ2) is 6.80. The molecule has 0 saturated carbocycles. The fourth-order valence-electron chi connectivity index (χ4n) is 0.877. The highest BCUT2D eigenvalue weighted by Gasteiger charge is 1.89. The lowest BCUT2D eigenvalue weighted by molar-refractivity contribution is 0.790. The quantitative estimate of drug-likeness (QED) is 0.728. The molecule has 1 rings (SSSR count). The van der Waals surface area contributed by atoms with Crippen molar-refractivity contribution in [1.29, 1.82) is 0 Å². The first-order valence-corrected chi connectivity index (χ1v) is 4.39. The first kappa shape index (κ1) is 11.1. The normalized spacial score (nSPS) is 8.67. The number of aromatic nitrogens is 1. The maximum atomic E-state index is 4.17. The molecule has 0 radical (unpaired) electrons. The topological polar surface area (TPSA) is 24.9 Å². The van der Waals surface area contributed by atoms with Crippen molar-refractivity contribution in [2.45, 2.75) is 27.3 Å². The maximum Gasteiger partial charge on any atom is 0.0544 e. The lowest BCUT2D eigenvalue weighted by Gasteiger charge is -1.98. The Kier molecular flexibility index (Phi) is 6.29. The summed E-state index contributed by atoms with van der Waals surface area (Å²) < 4.78 is 0. The van der Waals surface area contributed by atoms with Crippen LogP contribution >= 0.6 is 0 Å². The molecule has 0 saturated heterocycles. The molecule has 0 aromatic carbocycles. The first-order chi connectivity index (χ1) is 5.83. The van der Waals surface area contributed by atoms with Gasteiger partial charge in [-0.05, 0) is 31.7 Å². The van der Waals surface area contributed by atoms with Gasteiger partial charge in [0, 0.05) is 12.7 Å². The molecule has 0 aliphatic heterocycles. The molecular formula is C10H18N2. The van der Waals surface area contributed by atoms with E-state index < -0.39 is 0 Å². The van der Waals surface area contributed by atoms with Gasteiger partial charge in [-0.15, -0.1) is 0 Å². The van der Waals surface area contributed by atoms with Gasteiger partial charge in [0.05, 0.1) is 5.69 Å². The van der Waals surface area contributed by atoms with Gasteiger partial charge in [0.1, 0.15) is 0 Å². The summed E-state index contributed by atoms with van der Waals surface area (Å²) in [6.07, 6.45) is 1.84. The zero-order chi connectivity index (χ0) is 9.40. The van der Waals surface area contributed by atoms with E-state index in [9.17, 15) is 0 Å². The summed E-state index contributed by atoms with van der Waals surface area (Å²) in [5, 5.41) is 3.05. The van der Waals surface area contributed by atoms with E-state index in [1.165, 1.54) is 5.56 Å². The summed E-state index contributed by atoms with van der Waals surface area (Å²) in [6, 6.07) is 4.08. The van der Waals surface area contributed by atoms with Gasteiger partial charge in [0.15, 0.2) is 0 Å². The Morgan fingerprint density at radius 1 is 1.42 bits per heavy atom. The number of nitrogens with one attached hydrogen (secondary N) is 1. The van der Waals surface area contributed by atoms with Gasteiger partial charge in [0.2, 0.25) is 0 Å². The van der Waals surface area contributed by atoms with Crippen LogP contribution in [0.1, 0.15) is 25.1 Å². The molecule has 0 amide bonds. The van der Waals surface area contributed by atoms with Gasteiger partial charge < -0.3 is 5.32 Å².